The second-order valence-electron chi connectivity index (χ2n) is 7.35. The lowest BCUT2D eigenvalue weighted by atomic mass is 10.0. The molecule has 0 aliphatic rings. The summed E-state index contributed by atoms with van der Waals surface area (Å²) in [7, 11) is 0. The van der Waals surface area contributed by atoms with E-state index in [1.54, 1.807) is 44.2 Å². The zero-order valence-corrected chi connectivity index (χ0v) is 18.3. The van der Waals surface area contributed by atoms with Gasteiger partial charge in [-0.1, -0.05) is 44.2 Å². The van der Waals surface area contributed by atoms with Gasteiger partial charge in [0.05, 0.1) is 6.61 Å². The number of hydrogen-bond donors (Lipinski definition) is 7. The molecule has 4 unspecified atom stereocenters. The molecule has 0 aliphatic heterocycles. The van der Waals surface area contributed by atoms with Gasteiger partial charge in [0, 0.05) is 12.2 Å². The summed E-state index contributed by atoms with van der Waals surface area (Å²) in [5.74, 6) is -3.74. The van der Waals surface area contributed by atoms with E-state index in [0.29, 0.717) is 0 Å². The maximum absolute atomic E-state index is 12.8. The molecular formula is C20H30N4O6S. The molecule has 0 saturated carbocycles. The molecule has 0 bridgehead atoms. The Bertz CT molecular complexity index is 761. The maximum Gasteiger partial charge on any atom is 0.326 e. The summed E-state index contributed by atoms with van der Waals surface area (Å²) in [5.41, 5.74) is 6.16. The van der Waals surface area contributed by atoms with Gasteiger partial charge in [0.25, 0.3) is 0 Å². The van der Waals surface area contributed by atoms with Gasteiger partial charge in [-0.05, 0) is 11.5 Å². The van der Waals surface area contributed by atoms with Crippen molar-refractivity contribution in [3.05, 3.63) is 35.9 Å². The number of carboxylic acids is 1. The summed E-state index contributed by atoms with van der Waals surface area (Å²) in [6.07, 6.45) is 0.0784. The van der Waals surface area contributed by atoms with E-state index in [0.717, 1.165) is 5.56 Å². The number of carbonyl (C=O) groups is 4. The number of aliphatic hydroxyl groups is 1. The van der Waals surface area contributed by atoms with Crippen molar-refractivity contribution in [3.63, 3.8) is 0 Å². The van der Waals surface area contributed by atoms with Crippen LogP contribution in [0.25, 0.3) is 0 Å². The molecule has 0 fully saturated rings. The first-order valence-corrected chi connectivity index (χ1v) is 10.4. The average molecular weight is 455 g/mol. The SMILES string of the molecule is CC(C)C(NC(=O)C(CS)NC(=O)C(N)CO)C(=O)NC(Cc1ccccc1)C(=O)O. The average Bonchev–Trinajstić information content (AvgIpc) is 2.74. The summed E-state index contributed by atoms with van der Waals surface area (Å²) in [5, 5.41) is 25.8. The molecule has 0 aromatic heterocycles. The van der Waals surface area contributed by atoms with Gasteiger partial charge in [0.2, 0.25) is 17.7 Å². The molecule has 31 heavy (non-hydrogen) atoms. The maximum atomic E-state index is 12.8. The normalized spacial score (nSPS) is 14.8. The number of benzene rings is 1. The monoisotopic (exact) mass is 454 g/mol. The van der Waals surface area contributed by atoms with E-state index in [1.165, 1.54) is 0 Å². The number of carboxylic acid groups (broad SMARTS) is 1. The molecule has 1 rings (SSSR count). The summed E-state index contributed by atoms with van der Waals surface area (Å²) in [6.45, 7) is 2.78. The highest BCUT2D eigenvalue weighted by Gasteiger charge is 2.31. The molecule has 0 heterocycles. The third-order valence-electron chi connectivity index (χ3n) is 4.49. The first-order chi connectivity index (χ1) is 14.6. The Labute approximate surface area is 186 Å². The predicted molar refractivity (Wildman–Crippen MR) is 117 cm³/mol. The van der Waals surface area contributed by atoms with Crippen molar-refractivity contribution in [1.29, 1.82) is 0 Å². The number of hydrogen-bond acceptors (Lipinski definition) is 7. The van der Waals surface area contributed by atoms with Crippen LogP contribution in [0.5, 0.6) is 0 Å². The van der Waals surface area contributed by atoms with Crippen LogP contribution in [0.1, 0.15) is 19.4 Å². The van der Waals surface area contributed by atoms with Gasteiger partial charge in [0.1, 0.15) is 24.2 Å². The number of aliphatic carboxylic acids is 1. The lowest BCUT2D eigenvalue weighted by Gasteiger charge is -2.26. The van der Waals surface area contributed by atoms with E-state index in [1.807, 2.05) is 0 Å². The van der Waals surface area contributed by atoms with E-state index >= 15 is 0 Å². The molecule has 1 aromatic carbocycles. The Kier molecular flexibility index (Phi) is 11.0. The standard InChI is InChI=1S/C20H30N4O6S/c1-11(2)16(24-18(27)15(10-31)23-17(26)13(21)9-25)19(28)22-14(20(29)30)8-12-6-4-3-5-7-12/h3-7,11,13-16,25,31H,8-10,21H2,1-2H3,(H,22,28)(H,23,26)(H,24,27)(H,29,30). The van der Waals surface area contributed by atoms with Gasteiger partial charge in [-0.25, -0.2) is 4.79 Å². The number of thiol groups is 1. The predicted octanol–water partition coefficient (Wildman–Crippen LogP) is -1.33. The van der Waals surface area contributed by atoms with Crippen molar-refractivity contribution in [2.75, 3.05) is 12.4 Å². The van der Waals surface area contributed by atoms with Crippen LogP contribution in [0.15, 0.2) is 30.3 Å². The van der Waals surface area contributed by atoms with Crippen LogP contribution in [-0.4, -0.2) is 70.4 Å². The minimum atomic E-state index is -1.20. The van der Waals surface area contributed by atoms with E-state index in [2.05, 4.69) is 28.6 Å². The molecular weight excluding hydrogens is 424 g/mol. The fraction of sp³-hybridized carbons (Fsp3) is 0.500. The summed E-state index contributed by atoms with van der Waals surface area (Å²) in [6, 6.07) is 4.31. The molecule has 172 valence electrons. The first-order valence-electron chi connectivity index (χ1n) is 9.75. The molecule has 0 aliphatic carbocycles. The summed E-state index contributed by atoms with van der Waals surface area (Å²) < 4.78 is 0. The molecule has 10 nitrogen and oxygen atoms in total. The highest BCUT2D eigenvalue weighted by molar-refractivity contribution is 7.80. The van der Waals surface area contributed by atoms with Crippen LogP contribution in [0.2, 0.25) is 0 Å². The second-order valence-corrected chi connectivity index (χ2v) is 7.72. The number of nitrogens with two attached hydrogens (primary N) is 1. The van der Waals surface area contributed by atoms with Crippen LogP contribution in [-0.2, 0) is 25.6 Å². The number of rotatable bonds is 12. The number of carbonyl (C=O) groups excluding carboxylic acids is 3. The van der Waals surface area contributed by atoms with Crippen LogP contribution in [0.3, 0.4) is 0 Å². The molecule has 7 N–H and O–H groups in total. The van der Waals surface area contributed by atoms with E-state index in [-0.39, 0.29) is 18.1 Å². The Morgan fingerprint density at radius 1 is 0.968 bits per heavy atom. The lowest BCUT2D eigenvalue weighted by Crippen LogP contribution is -2.59. The van der Waals surface area contributed by atoms with Crippen molar-refractivity contribution in [3.8, 4) is 0 Å². The van der Waals surface area contributed by atoms with Crippen molar-refractivity contribution >= 4 is 36.3 Å². The summed E-state index contributed by atoms with van der Waals surface area (Å²) >= 11 is 4.03. The number of amides is 3. The number of nitrogens with one attached hydrogen (secondary N) is 3. The largest absolute Gasteiger partial charge is 0.480 e. The molecule has 0 radical (unpaired) electrons. The van der Waals surface area contributed by atoms with E-state index in [9.17, 15) is 24.3 Å². The number of aliphatic hydroxyl groups excluding tert-OH is 1. The second kappa shape index (κ2) is 12.9. The third-order valence-corrected chi connectivity index (χ3v) is 4.86. The quantitative estimate of drug-likeness (QED) is 0.192. The van der Waals surface area contributed by atoms with Crippen LogP contribution >= 0.6 is 12.6 Å². The topological polar surface area (TPSA) is 171 Å². The van der Waals surface area contributed by atoms with Crippen molar-refractivity contribution in [2.24, 2.45) is 11.7 Å². The first kappa shape index (κ1) is 26.4. The fourth-order valence-electron chi connectivity index (χ4n) is 2.66. The minimum Gasteiger partial charge on any atom is -0.480 e. The van der Waals surface area contributed by atoms with Gasteiger partial charge in [-0.3, -0.25) is 14.4 Å². The van der Waals surface area contributed by atoms with Gasteiger partial charge in [0.15, 0.2) is 0 Å². The Morgan fingerprint density at radius 3 is 2.03 bits per heavy atom. The van der Waals surface area contributed by atoms with Crippen molar-refractivity contribution in [1.82, 2.24) is 16.0 Å². The third kappa shape index (κ3) is 8.56. The molecule has 3 amide bonds. The molecule has 0 saturated heterocycles. The lowest BCUT2D eigenvalue weighted by molar-refractivity contribution is -0.142. The smallest absolute Gasteiger partial charge is 0.326 e. The van der Waals surface area contributed by atoms with Crippen molar-refractivity contribution in [2.45, 2.75) is 44.4 Å². The zero-order valence-electron chi connectivity index (χ0n) is 17.4. The summed E-state index contributed by atoms with van der Waals surface area (Å²) in [4.78, 5) is 48.8. The van der Waals surface area contributed by atoms with Gasteiger partial charge in [-0.2, -0.15) is 12.6 Å². The minimum absolute atomic E-state index is 0.0755. The van der Waals surface area contributed by atoms with Crippen molar-refractivity contribution < 1.29 is 29.4 Å². The molecule has 4 atom stereocenters. The van der Waals surface area contributed by atoms with Gasteiger partial charge >= 0.3 is 5.97 Å². The van der Waals surface area contributed by atoms with Crippen LogP contribution < -0.4 is 21.7 Å². The molecule has 0 spiro atoms. The van der Waals surface area contributed by atoms with E-state index < -0.39 is 54.5 Å². The Morgan fingerprint density at radius 2 is 1.55 bits per heavy atom. The fourth-order valence-corrected chi connectivity index (χ4v) is 2.91. The zero-order chi connectivity index (χ0) is 23.6. The van der Waals surface area contributed by atoms with E-state index in [4.69, 9.17) is 10.8 Å². The Balaban J connectivity index is 2.86. The van der Waals surface area contributed by atoms with Crippen LogP contribution in [0, 0.1) is 5.92 Å². The molecule has 1 aromatic rings. The van der Waals surface area contributed by atoms with Gasteiger partial charge < -0.3 is 31.9 Å². The molecule has 11 heteroatoms. The van der Waals surface area contributed by atoms with Crippen LogP contribution in [0.4, 0.5) is 0 Å². The highest BCUT2D eigenvalue weighted by atomic mass is 32.1. The Hall–Kier alpha value is -2.63. The van der Waals surface area contributed by atoms with Gasteiger partial charge in [-0.15, -0.1) is 0 Å². The highest BCUT2D eigenvalue weighted by Crippen LogP contribution is 2.07.